The lowest BCUT2D eigenvalue weighted by atomic mass is 10.1. The summed E-state index contributed by atoms with van der Waals surface area (Å²) < 4.78 is 8.55. The maximum atomic E-state index is 11.7. The van der Waals surface area contributed by atoms with E-state index in [4.69, 9.17) is 10.5 Å². The maximum Gasteiger partial charge on any atom is 0.248 e. The van der Waals surface area contributed by atoms with Crippen molar-refractivity contribution < 1.29 is 9.53 Å². The second-order valence-corrected chi connectivity index (χ2v) is 9.07. The Kier molecular flexibility index (Phi) is 5.62. The molecule has 0 aliphatic carbocycles. The summed E-state index contributed by atoms with van der Waals surface area (Å²) in [5.74, 6) is 0.851. The van der Waals surface area contributed by atoms with Crippen LogP contribution in [0, 0.1) is 13.8 Å². The van der Waals surface area contributed by atoms with Gasteiger partial charge in [0.25, 0.3) is 0 Å². The third-order valence-corrected chi connectivity index (χ3v) is 7.11. The topological polar surface area (TPSA) is 93.4 Å². The van der Waals surface area contributed by atoms with Crippen molar-refractivity contribution in [3.05, 3.63) is 40.5 Å². The molecule has 3 heterocycles. The number of nitrogens with two attached hydrogens (primary N) is 1. The number of aryl methyl sites for hydroxylation is 2. The molecule has 3 aromatic rings. The smallest absolute Gasteiger partial charge is 0.248 e. The first kappa shape index (κ1) is 19.9. The molecule has 4 rings (SSSR count). The molecule has 2 aromatic heterocycles. The number of thiophene rings is 1. The van der Waals surface area contributed by atoms with E-state index in [1.165, 1.54) is 4.88 Å². The Bertz CT molecular complexity index is 1070. The standard InChI is InChI=1S/C20H23N5O2S2/c1-11-12(2)29-20-17(11)19(22-10-23-20)24-15-5-4-13(18(21)26)8-16(15)27-14-6-7-25(9-14)28-3/h4-5,8,10,14H,6-7,9H2,1-3H3,(H2,21,26)(H,22,23,24). The quantitative estimate of drug-likeness (QED) is 0.574. The van der Waals surface area contributed by atoms with Crippen LogP contribution in [0.2, 0.25) is 0 Å². The van der Waals surface area contributed by atoms with Crippen LogP contribution in [0.25, 0.3) is 10.2 Å². The maximum absolute atomic E-state index is 11.7. The molecule has 1 aliphatic rings. The van der Waals surface area contributed by atoms with E-state index in [-0.39, 0.29) is 6.10 Å². The molecule has 1 saturated heterocycles. The number of ether oxygens (including phenoxy) is 1. The molecule has 1 aromatic carbocycles. The molecule has 1 fully saturated rings. The number of amides is 1. The minimum atomic E-state index is -0.479. The first-order chi connectivity index (χ1) is 14.0. The van der Waals surface area contributed by atoms with Crippen molar-refractivity contribution in [3.8, 4) is 5.75 Å². The number of primary amides is 1. The lowest BCUT2D eigenvalue weighted by Crippen LogP contribution is -2.21. The van der Waals surface area contributed by atoms with Crippen LogP contribution >= 0.6 is 23.3 Å². The molecule has 0 spiro atoms. The fourth-order valence-corrected chi connectivity index (χ4v) is 5.02. The monoisotopic (exact) mass is 429 g/mol. The Morgan fingerprint density at radius 3 is 2.93 bits per heavy atom. The predicted octanol–water partition coefficient (Wildman–Crippen LogP) is 3.88. The highest BCUT2D eigenvalue weighted by molar-refractivity contribution is 7.96. The van der Waals surface area contributed by atoms with Gasteiger partial charge >= 0.3 is 0 Å². The van der Waals surface area contributed by atoms with Gasteiger partial charge in [-0.15, -0.1) is 11.3 Å². The zero-order chi connectivity index (χ0) is 20.5. The van der Waals surface area contributed by atoms with Crippen LogP contribution in [-0.4, -0.2) is 45.6 Å². The second-order valence-electron chi connectivity index (χ2n) is 6.98. The third-order valence-electron chi connectivity index (χ3n) is 5.14. The molecule has 3 N–H and O–H groups in total. The van der Waals surface area contributed by atoms with Crippen molar-refractivity contribution in [3.63, 3.8) is 0 Å². The van der Waals surface area contributed by atoms with Crippen LogP contribution in [0.5, 0.6) is 5.75 Å². The summed E-state index contributed by atoms with van der Waals surface area (Å²) in [4.78, 5) is 22.7. The Morgan fingerprint density at radius 1 is 1.38 bits per heavy atom. The summed E-state index contributed by atoms with van der Waals surface area (Å²) in [6.45, 7) is 5.97. The first-order valence-corrected chi connectivity index (χ1v) is 11.3. The molecule has 0 radical (unpaired) electrons. The van der Waals surface area contributed by atoms with Crippen LogP contribution in [0.3, 0.4) is 0 Å². The van der Waals surface area contributed by atoms with Crippen molar-refractivity contribution in [2.75, 3.05) is 24.7 Å². The van der Waals surface area contributed by atoms with Crippen LogP contribution in [0.1, 0.15) is 27.2 Å². The molecule has 0 saturated carbocycles. The van der Waals surface area contributed by atoms with Gasteiger partial charge in [0.1, 0.15) is 28.8 Å². The molecule has 1 aliphatic heterocycles. The number of benzene rings is 1. The molecular formula is C20H23N5O2S2. The van der Waals surface area contributed by atoms with Gasteiger partial charge in [0, 0.05) is 23.5 Å². The number of anilines is 2. The highest BCUT2D eigenvalue weighted by Crippen LogP contribution is 2.36. The minimum Gasteiger partial charge on any atom is -0.487 e. The van der Waals surface area contributed by atoms with Crippen LogP contribution < -0.4 is 15.8 Å². The van der Waals surface area contributed by atoms with Crippen molar-refractivity contribution in [1.29, 1.82) is 0 Å². The number of rotatable bonds is 6. The lowest BCUT2D eigenvalue weighted by Gasteiger charge is -2.19. The van der Waals surface area contributed by atoms with E-state index in [0.717, 1.165) is 46.8 Å². The number of nitrogens with one attached hydrogen (secondary N) is 1. The van der Waals surface area contributed by atoms with Crippen LogP contribution in [0.15, 0.2) is 24.5 Å². The number of hydrogen-bond donors (Lipinski definition) is 2. The van der Waals surface area contributed by atoms with E-state index < -0.39 is 5.91 Å². The number of hydrogen-bond acceptors (Lipinski definition) is 8. The van der Waals surface area contributed by atoms with E-state index in [0.29, 0.717) is 11.3 Å². The Hall–Kier alpha value is -2.36. The number of nitrogens with zero attached hydrogens (tertiary/aromatic N) is 3. The zero-order valence-corrected chi connectivity index (χ0v) is 18.2. The second kappa shape index (κ2) is 8.17. The van der Waals surface area contributed by atoms with Gasteiger partial charge in [-0.2, -0.15) is 0 Å². The van der Waals surface area contributed by atoms with Gasteiger partial charge in [0.05, 0.1) is 11.1 Å². The van der Waals surface area contributed by atoms with E-state index in [1.807, 2.05) is 6.07 Å². The van der Waals surface area contributed by atoms with Gasteiger partial charge in [0.2, 0.25) is 5.91 Å². The highest BCUT2D eigenvalue weighted by Gasteiger charge is 2.25. The van der Waals surface area contributed by atoms with Crippen LogP contribution in [0.4, 0.5) is 11.5 Å². The van der Waals surface area contributed by atoms with Gasteiger partial charge in [-0.1, -0.05) is 11.9 Å². The SMILES string of the molecule is CSN1CCC(Oc2cc(C(N)=O)ccc2Nc2ncnc3sc(C)c(C)c23)C1. The summed E-state index contributed by atoms with van der Waals surface area (Å²) in [6, 6.07) is 5.22. The summed E-state index contributed by atoms with van der Waals surface area (Å²) in [7, 11) is 0. The Labute approximate surface area is 177 Å². The van der Waals surface area contributed by atoms with Crippen molar-refractivity contribution in [2.24, 2.45) is 5.73 Å². The van der Waals surface area contributed by atoms with Gasteiger partial charge in [-0.25, -0.2) is 14.3 Å². The summed E-state index contributed by atoms with van der Waals surface area (Å²) >= 11 is 3.37. The van der Waals surface area contributed by atoms with Crippen molar-refractivity contribution >= 4 is 50.9 Å². The number of aromatic nitrogens is 2. The predicted molar refractivity (Wildman–Crippen MR) is 119 cm³/mol. The molecule has 0 bridgehead atoms. The largest absolute Gasteiger partial charge is 0.487 e. The first-order valence-electron chi connectivity index (χ1n) is 9.33. The fourth-order valence-electron chi connectivity index (χ4n) is 3.42. The summed E-state index contributed by atoms with van der Waals surface area (Å²) in [5, 5.41) is 4.40. The molecule has 7 nitrogen and oxygen atoms in total. The van der Waals surface area contributed by atoms with E-state index in [2.05, 4.69) is 39.7 Å². The fraction of sp³-hybridized carbons (Fsp3) is 0.350. The van der Waals surface area contributed by atoms with E-state index in [9.17, 15) is 4.79 Å². The zero-order valence-electron chi connectivity index (χ0n) is 16.6. The van der Waals surface area contributed by atoms with Gasteiger partial charge in [0.15, 0.2) is 0 Å². The van der Waals surface area contributed by atoms with Crippen molar-refractivity contribution in [1.82, 2.24) is 14.3 Å². The number of carbonyl (C=O) groups is 1. The van der Waals surface area contributed by atoms with Gasteiger partial charge in [-0.05, 0) is 50.3 Å². The Morgan fingerprint density at radius 2 is 2.21 bits per heavy atom. The average Bonchev–Trinajstić information content (AvgIpc) is 3.27. The molecule has 1 atom stereocenters. The number of fused-ring (bicyclic) bond motifs is 1. The van der Waals surface area contributed by atoms with Crippen LogP contribution in [-0.2, 0) is 0 Å². The Balaban J connectivity index is 1.69. The molecule has 1 amide bonds. The van der Waals surface area contributed by atoms with E-state index >= 15 is 0 Å². The lowest BCUT2D eigenvalue weighted by molar-refractivity contribution is 0.0999. The summed E-state index contributed by atoms with van der Waals surface area (Å²) in [6.07, 6.45) is 4.61. The average molecular weight is 430 g/mol. The molecule has 9 heteroatoms. The van der Waals surface area contributed by atoms with Gasteiger partial charge in [-0.3, -0.25) is 4.79 Å². The van der Waals surface area contributed by atoms with Crippen molar-refractivity contribution in [2.45, 2.75) is 26.4 Å². The highest BCUT2D eigenvalue weighted by atomic mass is 32.2. The number of carbonyl (C=O) groups excluding carboxylic acids is 1. The molecule has 29 heavy (non-hydrogen) atoms. The minimum absolute atomic E-state index is 0.0571. The van der Waals surface area contributed by atoms with E-state index in [1.54, 1.807) is 41.7 Å². The molecule has 1 unspecified atom stereocenters. The molecular weight excluding hydrogens is 406 g/mol. The third kappa shape index (κ3) is 4.03. The van der Waals surface area contributed by atoms with Gasteiger partial charge < -0.3 is 15.8 Å². The normalized spacial score (nSPS) is 17.0. The molecule has 152 valence electrons. The summed E-state index contributed by atoms with van der Waals surface area (Å²) in [5.41, 5.74) is 7.82.